The van der Waals surface area contributed by atoms with E-state index in [1.54, 1.807) is 0 Å². The molecule has 0 aromatic heterocycles. The highest BCUT2D eigenvalue weighted by molar-refractivity contribution is 5.88. The fourth-order valence-electron chi connectivity index (χ4n) is 3.64. The Bertz CT molecular complexity index is 516. The second kappa shape index (κ2) is 5.80. The summed E-state index contributed by atoms with van der Waals surface area (Å²) in [7, 11) is 0. The van der Waals surface area contributed by atoms with Crippen molar-refractivity contribution in [3.63, 3.8) is 0 Å². The largest absolute Gasteiger partial charge is 0.354 e. The molecule has 0 radical (unpaired) electrons. The molecule has 0 aliphatic heterocycles. The van der Waals surface area contributed by atoms with E-state index in [0.29, 0.717) is 12.5 Å². The molecule has 2 aliphatic carbocycles. The van der Waals surface area contributed by atoms with Gasteiger partial charge in [0.05, 0.1) is 5.41 Å². The highest BCUT2D eigenvalue weighted by atomic mass is 16.2. The monoisotopic (exact) mass is 286 g/mol. The van der Waals surface area contributed by atoms with Crippen molar-refractivity contribution < 1.29 is 4.79 Å². The second-order valence-corrected chi connectivity index (χ2v) is 6.87. The number of nitrogens with two attached hydrogens (primary N) is 1. The molecule has 2 aliphatic rings. The Morgan fingerprint density at radius 1 is 1.38 bits per heavy atom. The molecule has 1 aromatic carbocycles. The summed E-state index contributed by atoms with van der Waals surface area (Å²) in [5.41, 5.74) is 8.19. The number of aryl methyl sites for hydroxylation is 1. The van der Waals surface area contributed by atoms with Gasteiger partial charge in [-0.3, -0.25) is 4.79 Å². The van der Waals surface area contributed by atoms with Crippen molar-refractivity contribution in [3.8, 4) is 0 Å². The Morgan fingerprint density at radius 2 is 2.10 bits per heavy atom. The summed E-state index contributed by atoms with van der Waals surface area (Å²) in [5.74, 6) is 0.811. The van der Waals surface area contributed by atoms with Crippen molar-refractivity contribution in [1.82, 2.24) is 5.32 Å². The van der Waals surface area contributed by atoms with Crippen LogP contribution in [-0.2, 0) is 10.2 Å². The number of amides is 1. The fraction of sp³-hybridized carbons (Fsp3) is 0.611. The molecule has 3 heteroatoms. The number of carbonyl (C=O) groups is 1. The average molecular weight is 286 g/mol. The van der Waals surface area contributed by atoms with Gasteiger partial charge in [0.2, 0.25) is 5.91 Å². The van der Waals surface area contributed by atoms with Gasteiger partial charge in [-0.25, -0.2) is 0 Å². The summed E-state index contributed by atoms with van der Waals surface area (Å²) in [6.45, 7) is 2.71. The maximum absolute atomic E-state index is 12.9. The van der Waals surface area contributed by atoms with E-state index in [2.05, 4.69) is 36.5 Å². The number of hydrogen-bond donors (Lipinski definition) is 2. The highest BCUT2D eigenvalue weighted by Gasteiger charge is 2.43. The smallest absolute Gasteiger partial charge is 0.230 e. The molecular weight excluding hydrogens is 260 g/mol. The van der Waals surface area contributed by atoms with Crippen LogP contribution in [0, 0.1) is 12.8 Å². The first-order chi connectivity index (χ1) is 10.1. The van der Waals surface area contributed by atoms with Crippen molar-refractivity contribution in [2.45, 2.75) is 56.9 Å². The number of benzene rings is 1. The molecule has 114 valence electrons. The molecule has 1 aromatic rings. The van der Waals surface area contributed by atoms with Gasteiger partial charge < -0.3 is 11.1 Å². The molecule has 2 saturated carbocycles. The third kappa shape index (κ3) is 2.98. The van der Waals surface area contributed by atoms with Gasteiger partial charge in [0.1, 0.15) is 0 Å². The normalized spacial score (nSPS) is 22.0. The number of carbonyl (C=O) groups excluding carboxylic acids is 1. The topological polar surface area (TPSA) is 55.1 Å². The minimum absolute atomic E-state index is 0.130. The van der Waals surface area contributed by atoms with Gasteiger partial charge in [-0.2, -0.15) is 0 Å². The summed E-state index contributed by atoms with van der Waals surface area (Å²) in [6.07, 6.45) is 6.63. The first-order valence-corrected chi connectivity index (χ1v) is 8.23. The summed E-state index contributed by atoms with van der Waals surface area (Å²) < 4.78 is 0. The summed E-state index contributed by atoms with van der Waals surface area (Å²) >= 11 is 0. The van der Waals surface area contributed by atoms with Gasteiger partial charge in [-0.1, -0.05) is 42.7 Å². The van der Waals surface area contributed by atoms with Gasteiger partial charge in [0.25, 0.3) is 0 Å². The molecule has 1 unspecified atom stereocenters. The van der Waals surface area contributed by atoms with Gasteiger partial charge in [-0.15, -0.1) is 0 Å². The molecule has 1 amide bonds. The van der Waals surface area contributed by atoms with Crippen molar-refractivity contribution in [3.05, 3.63) is 35.4 Å². The third-order valence-electron chi connectivity index (χ3n) is 5.19. The van der Waals surface area contributed by atoms with Crippen LogP contribution in [0.4, 0.5) is 0 Å². The molecule has 3 N–H and O–H groups in total. The van der Waals surface area contributed by atoms with E-state index in [1.807, 2.05) is 0 Å². The maximum atomic E-state index is 12.9. The van der Waals surface area contributed by atoms with Crippen LogP contribution in [0.2, 0.25) is 0 Å². The Kier molecular flexibility index (Phi) is 4.03. The lowest BCUT2D eigenvalue weighted by Crippen LogP contribution is -2.47. The van der Waals surface area contributed by atoms with Crippen LogP contribution >= 0.6 is 0 Å². The second-order valence-electron chi connectivity index (χ2n) is 6.87. The van der Waals surface area contributed by atoms with E-state index in [0.717, 1.165) is 25.7 Å². The lowest BCUT2D eigenvalue weighted by atomic mass is 9.77. The molecular formula is C18H26N2O. The summed E-state index contributed by atoms with van der Waals surface area (Å²) in [5, 5.41) is 3.14. The van der Waals surface area contributed by atoms with Crippen LogP contribution in [0.25, 0.3) is 0 Å². The molecule has 21 heavy (non-hydrogen) atoms. The Balaban J connectivity index is 1.75. The molecule has 3 rings (SSSR count). The molecule has 3 nitrogen and oxygen atoms in total. The van der Waals surface area contributed by atoms with Crippen LogP contribution < -0.4 is 11.1 Å². The van der Waals surface area contributed by atoms with Crippen LogP contribution in [-0.4, -0.2) is 18.5 Å². The van der Waals surface area contributed by atoms with E-state index < -0.39 is 0 Å². The Labute approximate surface area is 127 Å². The highest BCUT2D eigenvalue weighted by Crippen LogP contribution is 2.41. The molecule has 2 fully saturated rings. The molecule has 0 bridgehead atoms. The SMILES string of the molecule is Cc1cccc(C2(C(=O)NCC(N)C3CC3)CCCC2)c1. The zero-order valence-electron chi connectivity index (χ0n) is 12.9. The molecule has 1 atom stereocenters. The zero-order valence-corrected chi connectivity index (χ0v) is 12.9. The van der Waals surface area contributed by atoms with E-state index >= 15 is 0 Å². The Morgan fingerprint density at radius 3 is 2.71 bits per heavy atom. The average Bonchev–Trinajstić information content (AvgIpc) is 3.21. The van der Waals surface area contributed by atoms with E-state index in [9.17, 15) is 4.79 Å². The lowest BCUT2D eigenvalue weighted by molar-refractivity contribution is -0.126. The maximum Gasteiger partial charge on any atom is 0.230 e. The minimum Gasteiger partial charge on any atom is -0.354 e. The first kappa shape index (κ1) is 14.6. The van der Waals surface area contributed by atoms with Gasteiger partial charge in [0.15, 0.2) is 0 Å². The van der Waals surface area contributed by atoms with Gasteiger partial charge in [0, 0.05) is 12.6 Å². The van der Waals surface area contributed by atoms with E-state index in [-0.39, 0.29) is 17.4 Å². The summed E-state index contributed by atoms with van der Waals surface area (Å²) in [4.78, 5) is 12.9. The van der Waals surface area contributed by atoms with Crippen molar-refractivity contribution in [2.75, 3.05) is 6.54 Å². The van der Waals surface area contributed by atoms with Crippen LogP contribution in [0.3, 0.4) is 0 Å². The van der Waals surface area contributed by atoms with Crippen molar-refractivity contribution in [1.29, 1.82) is 0 Å². The fourth-order valence-corrected chi connectivity index (χ4v) is 3.64. The van der Waals surface area contributed by atoms with Crippen molar-refractivity contribution >= 4 is 5.91 Å². The first-order valence-electron chi connectivity index (χ1n) is 8.23. The lowest BCUT2D eigenvalue weighted by Gasteiger charge is -2.29. The molecule has 0 spiro atoms. The molecule has 0 saturated heterocycles. The number of nitrogens with one attached hydrogen (secondary N) is 1. The predicted molar refractivity (Wildman–Crippen MR) is 85.0 cm³/mol. The van der Waals surface area contributed by atoms with Crippen LogP contribution in [0.1, 0.15) is 49.7 Å². The molecule has 0 heterocycles. The number of hydrogen-bond acceptors (Lipinski definition) is 2. The van der Waals surface area contributed by atoms with E-state index in [1.165, 1.54) is 24.0 Å². The van der Waals surface area contributed by atoms with Gasteiger partial charge in [-0.05, 0) is 44.1 Å². The van der Waals surface area contributed by atoms with E-state index in [4.69, 9.17) is 5.73 Å². The van der Waals surface area contributed by atoms with Crippen LogP contribution in [0.5, 0.6) is 0 Å². The summed E-state index contributed by atoms with van der Waals surface area (Å²) in [6, 6.07) is 8.57. The third-order valence-corrected chi connectivity index (χ3v) is 5.19. The van der Waals surface area contributed by atoms with Crippen LogP contribution in [0.15, 0.2) is 24.3 Å². The minimum atomic E-state index is -0.324. The Hall–Kier alpha value is -1.35. The number of rotatable bonds is 5. The quantitative estimate of drug-likeness (QED) is 0.874. The van der Waals surface area contributed by atoms with Crippen molar-refractivity contribution in [2.24, 2.45) is 11.7 Å². The van der Waals surface area contributed by atoms with Gasteiger partial charge >= 0.3 is 0 Å². The predicted octanol–water partition coefficient (Wildman–Crippen LogP) is 2.66. The zero-order chi connectivity index (χ0) is 14.9. The standard InChI is InChI=1S/C18H26N2O/c1-13-5-4-6-15(11-13)18(9-2-3-10-18)17(21)20-12-16(19)14-7-8-14/h4-6,11,14,16H,2-3,7-10,12,19H2,1H3,(H,20,21).